The summed E-state index contributed by atoms with van der Waals surface area (Å²) in [4.78, 5) is 52.5. The summed E-state index contributed by atoms with van der Waals surface area (Å²) in [5.74, 6) is -0.153. The second-order valence-electron chi connectivity index (χ2n) is 15.1. The van der Waals surface area contributed by atoms with Crippen LogP contribution in [0, 0.1) is 35.0 Å². The predicted molar refractivity (Wildman–Crippen MR) is 185 cm³/mol. The standard InChI is InChI=1S/C35H54N4O10S/c1-19-14-23(48-34(46)37-20(2)32(44)47-17-30-49-28(18-50-30)39-13-12-27(36)38-33(39)45)8-4-6-21-16-26(41)35(3)22(7-5-9-29(42)43)10-11-24(35)31(21)25(40)15-19/h12-13,19-26,28,30-31,40-41H,4-11,14-18H2,1-3H3,(H,37,46)(H,42,43)(H2,36,38,45)/t19-,20?,21-,22?,23+,24-,25?,26-,28?,30?,31+,35+/m0/s1. The lowest BCUT2D eigenvalue weighted by molar-refractivity contribution is -0.149. The maximum atomic E-state index is 12.9. The van der Waals surface area contributed by atoms with Gasteiger partial charge in [0.15, 0.2) is 0 Å². The Hall–Kier alpha value is -2.88. The first kappa shape index (κ1) is 38.4. The van der Waals surface area contributed by atoms with Crippen LogP contribution in [0.1, 0.15) is 97.6 Å². The first-order valence-electron chi connectivity index (χ1n) is 18.1. The van der Waals surface area contributed by atoms with E-state index in [0.29, 0.717) is 37.9 Å². The van der Waals surface area contributed by atoms with Crippen molar-refractivity contribution in [3.63, 3.8) is 0 Å². The molecule has 1 saturated heterocycles. The number of ether oxygens (including phenoxy) is 3. The normalized spacial score (nSPS) is 36.4. The number of thioether (sulfide) groups is 1. The average molecular weight is 723 g/mol. The van der Waals surface area contributed by atoms with Crippen molar-refractivity contribution in [3.8, 4) is 0 Å². The Balaban J connectivity index is 1.09. The van der Waals surface area contributed by atoms with E-state index in [9.17, 15) is 29.4 Å². The van der Waals surface area contributed by atoms with Gasteiger partial charge in [0, 0.05) is 18.4 Å². The van der Waals surface area contributed by atoms with Gasteiger partial charge in [0.2, 0.25) is 0 Å². The third-order valence-electron chi connectivity index (χ3n) is 11.8. The van der Waals surface area contributed by atoms with Crippen LogP contribution >= 0.6 is 11.8 Å². The number of nitrogens with one attached hydrogen (secondary N) is 1. The Labute approximate surface area is 297 Å². The third-order valence-corrected chi connectivity index (χ3v) is 12.9. The number of carboxylic acids is 1. The number of carbonyl (C=O) groups excluding carboxylic acids is 2. The molecule has 2 heterocycles. The zero-order valence-corrected chi connectivity index (χ0v) is 30.1. The van der Waals surface area contributed by atoms with Crippen molar-refractivity contribution < 1.29 is 43.9 Å². The van der Waals surface area contributed by atoms with Crippen LogP contribution in [0.4, 0.5) is 10.6 Å². The van der Waals surface area contributed by atoms with E-state index >= 15 is 0 Å². The number of hydrogen-bond donors (Lipinski definition) is 5. The van der Waals surface area contributed by atoms with Crippen molar-refractivity contribution in [3.05, 3.63) is 22.7 Å². The zero-order chi connectivity index (χ0) is 36.2. The molecule has 0 spiro atoms. The Kier molecular flexibility index (Phi) is 12.8. The van der Waals surface area contributed by atoms with E-state index in [1.807, 2.05) is 0 Å². The SMILES string of the molecule is CC(NC(=O)O[C@@H]1CCC[C@H]2C[C@H](O)[C@]3(C)C(CCCC(=O)O)CC[C@H]3[C@@H]2C(O)C[C@@H](C)C1)C(=O)OCC1OC(n2ccc(N)nc2=O)CS1. The van der Waals surface area contributed by atoms with Crippen LogP contribution in [-0.2, 0) is 23.8 Å². The lowest BCUT2D eigenvalue weighted by atomic mass is 9.53. The molecule has 0 bridgehead atoms. The van der Waals surface area contributed by atoms with Crippen molar-refractivity contribution in [1.82, 2.24) is 14.9 Å². The number of aliphatic hydroxyl groups is 2. The van der Waals surface area contributed by atoms with Crippen molar-refractivity contribution >= 4 is 35.6 Å². The van der Waals surface area contributed by atoms with Gasteiger partial charge in [-0.2, -0.15) is 4.98 Å². The number of carbonyl (C=O) groups is 3. The molecule has 5 unspecified atom stereocenters. The topological polar surface area (TPSA) is 213 Å². The molecule has 15 heteroatoms. The molecule has 14 nitrogen and oxygen atoms in total. The molecule has 1 aromatic rings. The van der Waals surface area contributed by atoms with Crippen molar-refractivity contribution in [2.45, 2.75) is 127 Å². The molecule has 280 valence electrons. The summed E-state index contributed by atoms with van der Waals surface area (Å²) < 4.78 is 18.4. The number of nitrogens with zero attached hydrogens (tertiary/aromatic N) is 2. The van der Waals surface area contributed by atoms with E-state index in [-0.39, 0.29) is 53.9 Å². The molecule has 1 aromatic heterocycles. The van der Waals surface area contributed by atoms with Gasteiger partial charge in [0.25, 0.3) is 0 Å². The van der Waals surface area contributed by atoms with Gasteiger partial charge in [0.1, 0.15) is 36.2 Å². The summed E-state index contributed by atoms with van der Waals surface area (Å²) in [5.41, 5.74) is 4.19. The van der Waals surface area contributed by atoms with Gasteiger partial charge < -0.3 is 40.6 Å². The number of anilines is 1. The van der Waals surface area contributed by atoms with Crippen LogP contribution < -0.4 is 16.7 Å². The van der Waals surface area contributed by atoms with E-state index in [1.54, 1.807) is 0 Å². The summed E-state index contributed by atoms with van der Waals surface area (Å²) in [6.45, 7) is 5.67. The fourth-order valence-electron chi connectivity index (χ4n) is 9.27. The number of rotatable bonds is 10. The van der Waals surface area contributed by atoms with E-state index in [1.165, 1.54) is 35.5 Å². The lowest BCUT2D eigenvalue weighted by Gasteiger charge is -2.53. The first-order chi connectivity index (χ1) is 23.8. The van der Waals surface area contributed by atoms with Crippen molar-refractivity contribution in [2.24, 2.45) is 35.0 Å². The Morgan fingerprint density at radius 2 is 1.98 bits per heavy atom. The lowest BCUT2D eigenvalue weighted by Crippen LogP contribution is -2.54. The maximum Gasteiger partial charge on any atom is 0.408 e. The highest BCUT2D eigenvalue weighted by Gasteiger charge is 2.59. The third kappa shape index (κ3) is 8.94. The van der Waals surface area contributed by atoms with Gasteiger partial charge in [-0.25, -0.2) is 14.4 Å². The van der Waals surface area contributed by atoms with Gasteiger partial charge in [0.05, 0.1) is 12.2 Å². The van der Waals surface area contributed by atoms with Gasteiger partial charge in [-0.1, -0.05) is 13.8 Å². The van der Waals surface area contributed by atoms with Gasteiger partial charge in [-0.15, -0.1) is 11.8 Å². The quantitative estimate of drug-likeness (QED) is 0.218. The second kappa shape index (κ2) is 16.6. The molecule has 3 saturated carbocycles. The van der Waals surface area contributed by atoms with Crippen molar-refractivity contribution in [2.75, 3.05) is 18.1 Å². The molecular weight excluding hydrogens is 668 g/mol. The molecule has 12 atom stereocenters. The van der Waals surface area contributed by atoms with Crippen LogP contribution in [0.2, 0.25) is 0 Å². The molecule has 5 rings (SSSR count). The number of esters is 1. The fraction of sp³-hybridized carbons (Fsp3) is 0.800. The number of nitrogens with two attached hydrogens (primary N) is 1. The number of aliphatic hydroxyl groups excluding tert-OH is 2. The van der Waals surface area contributed by atoms with E-state index in [2.05, 4.69) is 24.1 Å². The van der Waals surface area contributed by atoms with Crippen molar-refractivity contribution in [1.29, 1.82) is 0 Å². The summed E-state index contributed by atoms with van der Waals surface area (Å²) in [7, 11) is 0. The zero-order valence-electron chi connectivity index (χ0n) is 29.3. The minimum Gasteiger partial charge on any atom is -0.481 e. The molecule has 6 N–H and O–H groups in total. The maximum absolute atomic E-state index is 12.9. The molecule has 0 radical (unpaired) electrons. The summed E-state index contributed by atoms with van der Waals surface area (Å²) in [6, 6.07) is 0.538. The monoisotopic (exact) mass is 722 g/mol. The van der Waals surface area contributed by atoms with Crippen LogP contribution in [0.5, 0.6) is 0 Å². The minimum absolute atomic E-state index is 0.0665. The molecule has 3 aliphatic carbocycles. The average Bonchev–Trinajstić information content (AvgIpc) is 3.64. The number of alkyl carbamates (subject to hydrolysis) is 1. The van der Waals surface area contributed by atoms with Gasteiger partial charge >= 0.3 is 23.7 Å². The van der Waals surface area contributed by atoms with Crippen LogP contribution in [0.15, 0.2) is 17.1 Å². The van der Waals surface area contributed by atoms with E-state index < -0.39 is 59.7 Å². The smallest absolute Gasteiger partial charge is 0.408 e. The molecule has 1 amide bonds. The molecule has 4 aliphatic rings. The molecule has 4 fully saturated rings. The number of amides is 1. The van der Waals surface area contributed by atoms with E-state index in [0.717, 1.165) is 32.1 Å². The number of aliphatic carboxylic acids is 1. The Bertz CT molecular complexity index is 1410. The summed E-state index contributed by atoms with van der Waals surface area (Å²) >= 11 is 1.39. The molecule has 50 heavy (non-hydrogen) atoms. The number of nitrogen functional groups attached to an aromatic ring is 1. The van der Waals surface area contributed by atoms with E-state index in [4.69, 9.17) is 25.1 Å². The highest BCUT2D eigenvalue weighted by Crippen LogP contribution is 2.61. The van der Waals surface area contributed by atoms with Crippen LogP contribution in [0.25, 0.3) is 0 Å². The Morgan fingerprint density at radius 3 is 2.72 bits per heavy atom. The second-order valence-corrected chi connectivity index (χ2v) is 16.3. The first-order valence-corrected chi connectivity index (χ1v) is 19.1. The summed E-state index contributed by atoms with van der Waals surface area (Å²) in [6.07, 6.45) is 6.11. The molecule has 1 aliphatic heterocycles. The van der Waals surface area contributed by atoms with Gasteiger partial charge in [-0.05, 0) is 112 Å². The Morgan fingerprint density at radius 1 is 1.20 bits per heavy atom. The van der Waals surface area contributed by atoms with Crippen LogP contribution in [-0.4, -0.2) is 85.1 Å². The number of fused-ring (bicyclic) bond motifs is 3. The molecule has 0 aromatic carbocycles. The minimum atomic E-state index is -0.967. The highest BCUT2D eigenvalue weighted by molar-refractivity contribution is 8.00. The summed E-state index contributed by atoms with van der Waals surface area (Å²) in [5, 5.41) is 34.9. The predicted octanol–water partition coefficient (Wildman–Crippen LogP) is 3.69. The largest absolute Gasteiger partial charge is 0.481 e. The molecular formula is C35H54N4O10S. The number of carboxylic acid groups (broad SMARTS) is 1. The van der Waals surface area contributed by atoms with Crippen LogP contribution in [0.3, 0.4) is 0 Å². The number of hydrogen-bond acceptors (Lipinski definition) is 12. The highest BCUT2D eigenvalue weighted by atomic mass is 32.2. The van der Waals surface area contributed by atoms with Gasteiger partial charge in [-0.3, -0.25) is 9.36 Å². The number of aromatic nitrogens is 2. The fourth-order valence-corrected chi connectivity index (χ4v) is 10.3.